The molecule has 0 radical (unpaired) electrons. The number of ether oxygens (including phenoxy) is 1. The second-order valence-corrected chi connectivity index (χ2v) is 7.95. The van der Waals surface area contributed by atoms with Crippen LogP contribution in [0, 0.1) is 12.3 Å². The summed E-state index contributed by atoms with van der Waals surface area (Å²) in [6.45, 7) is 0.130. The highest BCUT2D eigenvalue weighted by atomic mass is 32.2. The molecule has 158 valence electrons. The standard InChI is InChI=1S/C25H17NO5S/c1-2-13-26-23(27)22(32-25(26)30)14-20-19-6-4-3-5-17(19)11-12-21(20)31-15-16-7-9-18(10-8-16)24(28)29/h1,3-12,14H,13,15H2,(H,28,29)/b22-14-. The molecule has 0 aromatic heterocycles. The van der Waals surface area contributed by atoms with Crippen LogP contribution < -0.4 is 4.74 Å². The Kier molecular flexibility index (Phi) is 5.97. The van der Waals surface area contributed by atoms with Gasteiger partial charge >= 0.3 is 5.97 Å². The third-order valence-corrected chi connectivity index (χ3v) is 5.83. The Bertz CT molecular complexity index is 1300. The Hall–Kier alpha value is -4.02. The molecule has 3 aromatic rings. The Morgan fingerprint density at radius 3 is 2.56 bits per heavy atom. The molecule has 32 heavy (non-hydrogen) atoms. The quantitative estimate of drug-likeness (QED) is 0.436. The number of benzene rings is 3. The molecule has 0 bridgehead atoms. The van der Waals surface area contributed by atoms with Crippen molar-refractivity contribution in [3.05, 3.63) is 82.3 Å². The summed E-state index contributed by atoms with van der Waals surface area (Å²) in [6, 6.07) is 17.8. The number of carboxylic acids is 1. The molecule has 1 N–H and O–H groups in total. The van der Waals surface area contributed by atoms with Crippen LogP contribution in [0.3, 0.4) is 0 Å². The zero-order valence-electron chi connectivity index (χ0n) is 16.8. The maximum absolute atomic E-state index is 12.7. The van der Waals surface area contributed by atoms with Crippen molar-refractivity contribution in [3.8, 4) is 18.1 Å². The number of carbonyl (C=O) groups excluding carboxylic acids is 2. The lowest BCUT2D eigenvalue weighted by atomic mass is 10.0. The van der Waals surface area contributed by atoms with Gasteiger partial charge in [-0.15, -0.1) is 6.42 Å². The van der Waals surface area contributed by atoms with Crippen molar-refractivity contribution in [2.24, 2.45) is 0 Å². The van der Waals surface area contributed by atoms with Crippen molar-refractivity contribution in [2.75, 3.05) is 6.54 Å². The first-order valence-electron chi connectivity index (χ1n) is 9.63. The van der Waals surface area contributed by atoms with Crippen molar-refractivity contribution in [1.82, 2.24) is 4.90 Å². The van der Waals surface area contributed by atoms with E-state index in [0.717, 1.165) is 33.0 Å². The molecule has 1 aliphatic heterocycles. The van der Waals surface area contributed by atoms with Gasteiger partial charge in [0.1, 0.15) is 12.4 Å². The topological polar surface area (TPSA) is 83.9 Å². The molecular weight excluding hydrogens is 426 g/mol. The van der Waals surface area contributed by atoms with E-state index in [0.29, 0.717) is 11.3 Å². The molecule has 1 saturated heterocycles. The highest BCUT2D eigenvalue weighted by Gasteiger charge is 2.34. The molecule has 1 aliphatic rings. The number of hydrogen-bond donors (Lipinski definition) is 1. The number of nitrogens with zero attached hydrogens (tertiary/aromatic N) is 1. The van der Waals surface area contributed by atoms with Gasteiger partial charge in [0.05, 0.1) is 17.0 Å². The SMILES string of the molecule is C#CCN1C(=O)S/C(=C\c2c(OCc3ccc(C(=O)O)cc3)ccc3ccccc23)C1=O. The minimum Gasteiger partial charge on any atom is -0.488 e. The summed E-state index contributed by atoms with van der Waals surface area (Å²) >= 11 is 0.844. The van der Waals surface area contributed by atoms with Gasteiger partial charge in [-0.25, -0.2) is 4.79 Å². The van der Waals surface area contributed by atoms with Crippen LogP contribution in [0.15, 0.2) is 65.6 Å². The van der Waals surface area contributed by atoms with Gasteiger partial charge in [0, 0.05) is 5.56 Å². The van der Waals surface area contributed by atoms with E-state index in [1.54, 1.807) is 18.2 Å². The minimum absolute atomic E-state index is 0.0762. The number of imide groups is 1. The summed E-state index contributed by atoms with van der Waals surface area (Å²) in [6.07, 6.45) is 6.93. The van der Waals surface area contributed by atoms with E-state index in [-0.39, 0.29) is 23.6 Å². The van der Waals surface area contributed by atoms with Gasteiger partial charge in [0.15, 0.2) is 0 Å². The molecule has 0 aliphatic carbocycles. The highest BCUT2D eigenvalue weighted by molar-refractivity contribution is 8.18. The first-order valence-corrected chi connectivity index (χ1v) is 10.4. The van der Waals surface area contributed by atoms with Crippen LogP contribution in [-0.2, 0) is 11.4 Å². The number of amides is 2. The fraction of sp³-hybridized carbons (Fsp3) is 0.0800. The molecule has 2 amide bonds. The number of terminal acetylenes is 1. The summed E-state index contributed by atoms with van der Waals surface area (Å²) in [7, 11) is 0. The number of fused-ring (bicyclic) bond motifs is 1. The normalized spacial score (nSPS) is 14.7. The van der Waals surface area contributed by atoms with Crippen molar-refractivity contribution in [2.45, 2.75) is 6.61 Å². The zero-order chi connectivity index (χ0) is 22.7. The monoisotopic (exact) mass is 443 g/mol. The van der Waals surface area contributed by atoms with E-state index in [9.17, 15) is 14.4 Å². The van der Waals surface area contributed by atoms with Gasteiger partial charge < -0.3 is 9.84 Å². The van der Waals surface area contributed by atoms with E-state index in [4.69, 9.17) is 16.3 Å². The van der Waals surface area contributed by atoms with Crippen LogP contribution in [0.4, 0.5) is 4.79 Å². The molecule has 7 heteroatoms. The van der Waals surface area contributed by atoms with Gasteiger partial charge in [-0.3, -0.25) is 14.5 Å². The Labute approximate surface area is 188 Å². The molecule has 3 aromatic carbocycles. The lowest BCUT2D eigenvalue weighted by Gasteiger charge is -2.13. The molecular formula is C25H17NO5S. The highest BCUT2D eigenvalue weighted by Crippen LogP contribution is 2.37. The van der Waals surface area contributed by atoms with Crippen LogP contribution in [-0.4, -0.2) is 33.7 Å². The summed E-state index contributed by atoms with van der Waals surface area (Å²) in [4.78, 5) is 37.2. The van der Waals surface area contributed by atoms with E-state index in [1.807, 2.05) is 36.4 Å². The van der Waals surface area contributed by atoms with E-state index in [1.165, 1.54) is 12.1 Å². The first-order chi connectivity index (χ1) is 15.5. The number of hydrogen-bond acceptors (Lipinski definition) is 5. The van der Waals surface area contributed by atoms with E-state index < -0.39 is 17.1 Å². The Balaban J connectivity index is 1.69. The van der Waals surface area contributed by atoms with Crippen molar-refractivity contribution < 1.29 is 24.2 Å². The molecule has 1 fully saturated rings. The smallest absolute Gasteiger partial charge is 0.335 e. The second-order valence-electron chi connectivity index (χ2n) is 6.96. The molecule has 1 heterocycles. The molecule has 0 unspecified atom stereocenters. The van der Waals surface area contributed by atoms with Gasteiger partial charge in [0.2, 0.25) is 0 Å². The number of thioether (sulfide) groups is 1. The maximum Gasteiger partial charge on any atom is 0.335 e. The van der Waals surface area contributed by atoms with Gasteiger partial charge in [-0.1, -0.05) is 48.4 Å². The zero-order valence-corrected chi connectivity index (χ0v) is 17.6. The third-order valence-electron chi connectivity index (χ3n) is 4.92. The lowest BCUT2D eigenvalue weighted by molar-refractivity contribution is -0.122. The van der Waals surface area contributed by atoms with E-state index >= 15 is 0 Å². The van der Waals surface area contributed by atoms with Gasteiger partial charge in [-0.2, -0.15) is 0 Å². The summed E-state index contributed by atoms with van der Waals surface area (Å²) in [5.74, 6) is 1.44. The lowest BCUT2D eigenvalue weighted by Crippen LogP contribution is -2.28. The second kappa shape index (κ2) is 9.00. The number of carboxylic acid groups (broad SMARTS) is 1. The van der Waals surface area contributed by atoms with Crippen LogP contribution in [0.2, 0.25) is 0 Å². The summed E-state index contributed by atoms with van der Waals surface area (Å²) in [5.41, 5.74) is 1.67. The fourth-order valence-electron chi connectivity index (χ4n) is 3.31. The predicted octanol–water partition coefficient (Wildman–Crippen LogP) is 4.79. The third kappa shape index (κ3) is 4.22. The minimum atomic E-state index is -0.993. The van der Waals surface area contributed by atoms with Crippen molar-refractivity contribution >= 4 is 45.7 Å². The van der Waals surface area contributed by atoms with Gasteiger partial charge in [0.25, 0.3) is 11.1 Å². The van der Waals surface area contributed by atoms with Crippen LogP contribution in [0.1, 0.15) is 21.5 Å². The Morgan fingerprint density at radius 1 is 1.09 bits per heavy atom. The largest absolute Gasteiger partial charge is 0.488 e. The predicted molar refractivity (Wildman–Crippen MR) is 123 cm³/mol. The summed E-state index contributed by atoms with van der Waals surface area (Å²) in [5, 5.41) is 10.5. The molecule has 0 saturated carbocycles. The van der Waals surface area contributed by atoms with Gasteiger partial charge in [-0.05, 0) is 52.4 Å². The molecule has 0 spiro atoms. The van der Waals surface area contributed by atoms with Crippen LogP contribution >= 0.6 is 11.8 Å². The van der Waals surface area contributed by atoms with Crippen molar-refractivity contribution in [3.63, 3.8) is 0 Å². The average Bonchev–Trinajstić information content (AvgIpc) is 3.06. The molecule has 0 atom stereocenters. The fourth-order valence-corrected chi connectivity index (χ4v) is 4.13. The number of rotatable bonds is 6. The number of carbonyl (C=O) groups is 3. The average molecular weight is 443 g/mol. The maximum atomic E-state index is 12.7. The Morgan fingerprint density at radius 2 is 1.84 bits per heavy atom. The summed E-state index contributed by atoms with van der Waals surface area (Å²) < 4.78 is 6.03. The molecule has 4 rings (SSSR count). The van der Waals surface area contributed by atoms with Crippen LogP contribution in [0.5, 0.6) is 5.75 Å². The number of aromatic carboxylic acids is 1. The molecule has 6 nitrogen and oxygen atoms in total. The van der Waals surface area contributed by atoms with Crippen LogP contribution in [0.25, 0.3) is 16.8 Å². The first kappa shape index (κ1) is 21.2. The van der Waals surface area contributed by atoms with Crippen molar-refractivity contribution in [1.29, 1.82) is 0 Å². The van der Waals surface area contributed by atoms with E-state index in [2.05, 4.69) is 5.92 Å².